The van der Waals surface area contributed by atoms with Crippen LogP contribution in [0.1, 0.15) is 49.1 Å². The molecule has 0 aromatic heterocycles. The molecular weight excluding hydrogens is 366 g/mol. The van der Waals surface area contributed by atoms with Gasteiger partial charge in [-0.15, -0.1) is 0 Å². The number of fused-ring (bicyclic) bond motifs is 3. The van der Waals surface area contributed by atoms with Crippen molar-refractivity contribution in [1.82, 2.24) is 4.90 Å². The number of hydrogen-bond donors (Lipinski definition) is 1. The van der Waals surface area contributed by atoms with E-state index >= 15 is 0 Å². The molecule has 3 aliphatic rings. The van der Waals surface area contributed by atoms with Gasteiger partial charge in [0.1, 0.15) is 12.1 Å². The number of hydrogen-bond acceptors (Lipinski definition) is 3. The Labute approximate surface area is 170 Å². The molecule has 1 saturated heterocycles. The van der Waals surface area contributed by atoms with Crippen molar-refractivity contribution < 1.29 is 19.4 Å². The van der Waals surface area contributed by atoms with Gasteiger partial charge >= 0.3 is 12.1 Å². The second-order valence-corrected chi connectivity index (χ2v) is 8.54. The van der Waals surface area contributed by atoms with Gasteiger partial charge in [-0.05, 0) is 47.4 Å². The summed E-state index contributed by atoms with van der Waals surface area (Å²) >= 11 is 0. The average Bonchev–Trinajstić information content (AvgIpc) is 3.34. The lowest BCUT2D eigenvalue weighted by Gasteiger charge is -2.34. The van der Waals surface area contributed by atoms with Crippen LogP contribution in [-0.4, -0.2) is 40.8 Å². The van der Waals surface area contributed by atoms with Gasteiger partial charge in [0, 0.05) is 12.5 Å². The summed E-state index contributed by atoms with van der Waals surface area (Å²) in [7, 11) is 0. The molecule has 1 heterocycles. The summed E-state index contributed by atoms with van der Waals surface area (Å²) in [5.74, 6) is -0.486. The third kappa shape index (κ3) is 3.00. The summed E-state index contributed by atoms with van der Waals surface area (Å²) < 4.78 is 5.75. The minimum atomic E-state index is -1.09. The van der Waals surface area contributed by atoms with Gasteiger partial charge in [-0.25, -0.2) is 9.59 Å². The molecule has 5 nitrogen and oxygen atoms in total. The molecule has 1 saturated carbocycles. The number of likely N-dealkylation sites (tertiary alicyclic amines) is 1. The number of benzene rings is 2. The lowest BCUT2D eigenvalue weighted by atomic mass is 9.89. The third-order valence-electron chi connectivity index (χ3n) is 6.77. The quantitative estimate of drug-likeness (QED) is 0.805. The van der Waals surface area contributed by atoms with Crippen LogP contribution >= 0.6 is 0 Å². The molecule has 1 N–H and O–H groups in total. The zero-order valence-electron chi connectivity index (χ0n) is 16.3. The summed E-state index contributed by atoms with van der Waals surface area (Å²) in [6.07, 6.45) is 3.41. The molecule has 0 radical (unpaired) electrons. The predicted octanol–water partition coefficient (Wildman–Crippen LogP) is 4.65. The number of carboxylic acids is 1. The first-order valence-electron chi connectivity index (χ1n) is 10.5. The van der Waals surface area contributed by atoms with Crippen LogP contribution in [-0.2, 0) is 9.53 Å². The Morgan fingerprint density at radius 2 is 1.66 bits per heavy atom. The van der Waals surface area contributed by atoms with Crippen LogP contribution in [0.4, 0.5) is 4.79 Å². The molecule has 150 valence electrons. The fourth-order valence-corrected chi connectivity index (χ4v) is 5.14. The topological polar surface area (TPSA) is 66.8 Å². The number of nitrogens with zero attached hydrogens (tertiary/aromatic N) is 1. The predicted molar refractivity (Wildman–Crippen MR) is 109 cm³/mol. The van der Waals surface area contributed by atoms with Crippen molar-refractivity contribution >= 4 is 12.1 Å². The maximum absolute atomic E-state index is 13.0. The van der Waals surface area contributed by atoms with Crippen LogP contribution < -0.4 is 0 Å². The van der Waals surface area contributed by atoms with Crippen LogP contribution in [0, 0.1) is 5.92 Å². The van der Waals surface area contributed by atoms with Gasteiger partial charge in [0.05, 0.1) is 0 Å². The van der Waals surface area contributed by atoms with Gasteiger partial charge in [0.15, 0.2) is 0 Å². The lowest BCUT2D eigenvalue weighted by Crippen LogP contribution is -2.53. The van der Waals surface area contributed by atoms with Gasteiger partial charge in [-0.1, -0.05) is 61.4 Å². The molecule has 2 aromatic carbocycles. The molecule has 1 amide bonds. The molecule has 2 aromatic rings. The first kappa shape index (κ1) is 18.2. The molecule has 0 spiro atoms. The first-order chi connectivity index (χ1) is 14.1. The molecule has 5 rings (SSSR count). The summed E-state index contributed by atoms with van der Waals surface area (Å²) in [6, 6.07) is 16.4. The molecule has 29 heavy (non-hydrogen) atoms. The SMILES string of the molecule is O=C(OCC1c2ccccc2-c2ccccc21)N1CCCC1(CC1CC1)C(=O)O. The third-order valence-corrected chi connectivity index (χ3v) is 6.77. The van der Waals surface area contributed by atoms with E-state index < -0.39 is 17.6 Å². The monoisotopic (exact) mass is 391 g/mol. The molecule has 1 aliphatic heterocycles. The number of amides is 1. The molecule has 0 bridgehead atoms. The fraction of sp³-hybridized carbons (Fsp3) is 0.417. The highest BCUT2D eigenvalue weighted by molar-refractivity contribution is 5.85. The summed E-state index contributed by atoms with van der Waals surface area (Å²) in [6.45, 7) is 0.679. The largest absolute Gasteiger partial charge is 0.479 e. The average molecular weight is 391 g/mol. The first-order valence-corrected chi connectivity index (χ1v) is 10.5. The van der Waals surface area contributed by atoms with Crippen molar-refractivity contribution in [3.63, 3.8) is 0 Å². The maximum Gasteiger partial charge on any atom is 0.410 e. The number of carboxylic acid groups (broad SMARTS) is 1. The van der Waals surface area contributed by atoms with Crippen molar-refractivity contribution in [2.75, 3.05) is 13.2 Å². The van der Waals surface area contributed by atoms with Crippen molar-refractivity contribution in [2.45, 2.75) is 43.6 Å². The Morgan fingerprint density at radius 3 is 2.24 bits per heavy atom. The summed E-state index contributed by atoms with van der Waals surface area (Å²) in [5.41, 5.74) is 3.58. The minimum absolute atomic E-state index is 0.0170. The molecule has 2 aliphatic carbocycles. The number of aliphatic carboxylic acids is 1. The zero-order chi connectivity index (χ0) is 20.0. The van der Waals surface area contributed by atoms with E-state index in [0.717, 1.165) is 24.0 Å². The van der Waals surface area contributed by atoms with Crippen molar-refractivity contribution in [3.05, 3.63) is 59.7 Å². The standard InChI is InChI=1S/C24H25NO4/c26-22(27)24(14-16-10-11-16)12-5-13-25(24)23(28)29-15-21-19-8-3-1-6-17(19)18-7-2-4-9-20(18)21/h1-4,6-9,16,21H,5,10-15H2,(H,26,27). The Morgan fingerprint density at radius 1 is 1.03 bits per heavy atom. The Balaban J connectivity index is 1.36. The second-order valence-electron chi connectivity index (χ2n) is 8.54. The Bertz CT molecular complexity index is 921. The van der Waals surface area contributed by atoms with E-state index in [1.54, 1.807) is 0 Å². The van der Waals surface area contributed by atoms with Crippen LogP contribution in [0.15, 0.2) is 48.5 Å². The number of ether oxygens (including phenoxy) is 1. The zero-order valence-corrected chi connectivity index (χ0v) is 16.3. The van der Waals surface area contributed by atoms with Crippen molar-refractivity contribution in [2.24, 2.45) is 5.92 Å². The van der Waals surface area contributed by atoms with Crippen molar-refractivity contribution in [1.29, 1.82) is 0 Å². The van der Waals surface area contributed by atoms with Crippen LogP contribution in [0.25, 0.3) is 11.1 Å². The van der Waals surface area contributed by atoms with Gasteiger partial charge < -0.3 is 9.84 Å². The highest BCUT2D eigenvalue weighted by atomic mass is 16.6. The summed E-state index contributed by atoms with van der Waals surface area (Å²) in [4.78, 5) is 26.6. The fourth-order valence-electron chi connectivity index (χ4n) is 5.14. The smallest absolute Gasteiger partial charge is 0.410 e. The van der Waals surface area contributed by atoms with E-state index in [1.807, 2.05) is 24.3 Å². The highest BCUT2D eigenvalue weighted by Gasteiger charge is 2.53. The van der Waals surface area contributed by atoms with Crippen LogP contribution in [0.5, 0.6) is 0 Å². The second kappa shape index (κ2) is 6.90. The van der Waals surface area contributed by atoms with E-state index in [1.165, 1.54) is 16.0 Å². The van der Waals surface area contributed by atoms with Crippen LogP contribution in [0.2, 0.25) is 0 Å². The maximum atomic E-state index is 13.0. The van der Waals surface area contributed by atoms with Gasteiger partial charge in [-0.2, -0.15) is 0 Å². The molecular formula is C24H25NO4. The Hall–Kier alpha value is -2.82. The minimum Gasteiger partial charge on any atom is -0.479 e. The molecule has 5 heteroatoms. The van der Waals surface area contributed by atoms with Gasteiger partial charge in [-0.3, -0.25) is 4.90 Å². The van der Waals surface area contributed by atoms with E-state index in [9.17, 15) is 14.7 Å². The number of carbonyl (C=O) groups is 2. The summed E-state index contributed by atoms with van der Waals surface area (Å²) in [5, 5.41) is 9.95. The van der Waals surface area contributed by atoms with Crippen molar-refractivity contribution in [3.8, 4) is 11.1 Å². The number of rotatable bonds is 5. The highest BCUT2D eigenvalue weighted by Crippen LogP contribution is 2.46. The van der Waals surface area contributed by atoms with Gasteiger partial charge in [0.25, 0.3) is 0 Å². The van der Waals surface area contributed by atoms with E-state index in [-0.39, 0.29) is 12.5 Å². The van der Waals surface area contributed by atoms with E-state index in [0.29, 0.717) is 31.7 Å². The normalized spacial score (nSPS) is 23.0. The Kier molecular flexibility index (Phi) is 4.34. The van der Waals surface area contributed by atoms with Gasteiger partial charge in [0.2, 0.25) is 0 Å². The number of carbonyl (C=O) groups excluding carboxylic acids is 1. The molecule has 1 atom stereocenters. The van der Waals surface area contributed by atoms with E-state index in [4.69, 9.17) is 4.74 Å². The molecule has 1 unspecified atom stereocenters. The van der Waals surface area contributed by atoms with Crippen LogP contribution in [0.3, 0.4) is 0 Å². The van der Waals surface area contributed by atoms with E-state index in [2.05, 4.69) is 24.3 Å². The molecule has 2 fully saturated rings. The lowest BCUT2D eigenvalue weighted by molar-refractivity contribution is -0.149.